The molecule has 34 heavy (non-hydrogen) atoms. The first-order chi connectivity index (χ1) is 16.2. The summed E-state index contributed by atoms with van der Waals surface area (Å²) in [6, 6.07) is 5.31. The van der Waals surface area contributed by atoms with Gasteiger partial charge in [-0.15, -0.1) is 0 Å². The Bertz CT molecular complexity index is 1300. The molecule has 1 aliphatic heterocycles. The second-order valence-corrected chi connectivity index (χ2v) is 9.12. The lowest BCUT2D eigenvalue weighted by atomic mass is 9.69. The number of hydrogen-bond acceptors (Lipinski definition) is 4. The summed E-state index contributed by atoms with van der Waals surface area (Å²) in [5.74, 6) is -1.38. The number of hydrogen-bond donors (Lipinski definition) is 2. The molecule has 2 aromatic heterocycles. The molecule has 1 saturated heterocycles. The summed E-state index contributed by atoms with van der Waals surface area (Å²) in [5, 5.41) is 12.4. The van der Waals surface area contributed by atoms with Gasteiger partial charge in [0.05, 0.1) is 16.8 Å². The smallest absolute Gasteiger partial charge is 0.407 e. The van der Waals surface area contributed by atoms with Gasteiger partial charge in [0.1, 0.15) is 23.9 Å². The number of ether oxygens (including phenoxy) is 1. The van der Waals surface area contributed by atoms with Crippen LogP contribution in [0.5, 0.6) is 5.75 Å². The van der Waals surface area contributed by atoms with Crippen molar-refractivity contribution in [2.75, 3.05) is 13.1 Å². The Morgan fingerprint density at radius 2 is 2.03 bits per heavy atom. The number of halogens is 2. The van der Waals surface area contributed by atoms with Crippen molar-refractivity contribution in [1.82, 2.24) is 19.6 Å². The number of nitrogens with one attached hydrogen (secondary N) is 1. The highest BCUT2D eigenvalue weighted by Gasteiger charge is 2.55. The molecule has 2 aliphatic rings. The minimum absolute atomic E-state index is 0.0864. The van der Waals surface area contributed by atoms with E-state index in [0.29, 0.717) is 35.8 Å². The summed E-state index contributed by atoms with van der Waals surface area (Å²) in [6.45, 7) is 3.85. The molecule has 2 unspecified atom stereocenters. The fourth-order valence-corrected chi connectivity index (χ4v) is 5.04. The third-order valence-corrected chi connectivity index (χ3v) is 6.91. The first-order valence-corrected chi connectivity index (χ1v) is 11.0. The Labute approximate surface area is 194 Å². The van der Waals surface area contributed by atoms with Crippen molar-refractivity contribution in [3.8, 4) is 5.75 Å². The van der Waals surface area contributed by atoms with Gasteiger partial charge in [-0.3, -0.25) is 9.20 Å². The number of fused-ring (bicyclic) bond motifs is 2. The molecule has 2 N–H and O–H groups in total. The van der Waals surface area contributed by atoms with E-state index < -0.39 is 23.3 Å². The topological polar surface area (TPSA) is 96.2 Å². The molecule has 2 amide bonds. The first-order valence-electron chi connectivity index (χ1n) is 11.0. The third-order valence-electron chi connectivity index (χ3n) is 6.91. The van der Waals surface area contributed by atoms with Crippen molar-refractivity contribution in [2.45, 2.75) is 38.8 Å². The minimum atomic E-state index is -0.988. The molecule has 5 rings (SSSR count). The van der Waals surface area contributed by atoms with Gasteiger partial charge in [-0.05, 0) is 50.5 Å². The van der Waals surface area contributed by atoms with Crippen molar-refractivity contribution in [1.29, 1.82) is 0 Å². The molecule has 178 valence electrons. The molecular formula is C24H24F2N4O4. The van der Waals surface area contributed by atoms with Crippen LogP contribution in [0.1, 0.15) is 40.2 Å². The zero-order valence-corrected chi connectivity index (χ0v) is 18.8. The zero-order valence-electron chi connectivity index (χ0n) is 18.8. The maximum absolute atomic E-state index is 14.0. The summed E-state index contributed by atoms with van der Waals surface area (Å²) in [4.78, 5) is 30.6. The Kier molecular flexibility index (Phi) is 5.18. The Balaban J connectivity index is 1.44. The number of likely N-dealkylation sites (tertiary alicyclic amines) is 1. The molecular weight excluding hydrogens is 446 g/mol. The van der Waals surface area contributed by atoms with Crippen molar-refractivity contribution in [2.24, 2.45) is 5.92 Å². The monoisotopic (exact) mass is 470 g/mol. The Hall–Kier alpha value is -3.69. The van der Waals surface area contributed by atoms with Crippen LogP contribution in [0.25, 0.3) is 5.65 Å². The molecule has 0 spiro atoms. The molecule has 10 heteroatoms. The van der Waals surface area contributed by atoms with Gasteiger partial charge < -0.3 is 20.1 Å². The second kappa shape index (κ2) is 7.96. The maximum atomic E-state index is 14.0. The summed E-state index contributed by atoms with van der Waals surface area (Å²) in [7, 11) is 0. The number of aromatic nitrogens is 2. The number of pyridine rings is 1. The van der Waals surface area contributed by atoms with Crippen LogP contribution in [-0.4, -0.2) is 50.0 Å². The summed E-state index contributed by atoms with van der Waals surface area (Å²) in [5.41, 5.74) is 1.13. The van der Waals surface area contributed by atoms with Gasteiger partial charge in [0.25, 0.3) is 5.91 Å². The quantitative estimate of drug-likeness (QED) is 0.593. The van der Waals surface area contributed by atoms with E-state index >= 15 is 0 Å². The standard InChI is InChI=1S/C24H24F2N4O4/c1-13-8-19(34-11-16-17(25)4-3-5-18(16)26)21-27-14(2)20(30(21)9-13)22(31)28-24-7-6-15(24)10-29(12-24)23(32)33/h3-5,8-9,15H,6-7,10-12H2,1-2H3,(H,28,31)(H,32,33). The van der Waals surface area contributed by atoms with Gasteiger partial charge in [-0.1, -0.05) is 6.07 Å². The van der Waals surface area contributed by atoms with Crippen LogP contribution in [0.3, 0.4) is 0 Å². The molecule has 1 aliphatic carbocycles. The van der Waals surface area contributed by atoms with Gasteiger partial charge in [-0.25, -0.2) is 18.6 Å². The van der Waals surface area contributed by atoms with Crippen molar-refractivity contribution in [3.63, 3.8) is 0 Å². The van der Waals surface area contributed by atoms with Gasteiger partial charge in [0.15, 0.2) is 11.4 Å². The highest BCUT2D eigenvalue weighted by atomic mass is 19.1. The largest absolute Gasteiger partial charge is 0.485 e. The van der Waals surface area contributed by atoms with E-state index in [0.717, 1.165) is 24.1 Å². The second-order valence-electron chi connectivity index (χ2n) is 9.12. The van der Waals surface area contributed by atoms with E-state index in [4.69, 9.17) is 4.74 Å². The molecule has 0 radical (unpaired) electrons. The van der Waals surface area contributed by atoms with Crippen LogP contribution < -0.4 is 10.1 Å². The molecule has 0 bridgehead atoms. The molecule has 1 saturated carbocycles. The van der Waals surface area contributed by atoms with Crippen molar-refractivity contribution >= 4 is 17.6 Å². The predicted molar refractivity (Wildman–Crippen MR) is 118 cm³/mol. The average Bonchev–Trinajstić information content (AvgIpc) is 3.21. The lowest BCUT2D eigenvalue weighted by Gasteiger charge is -2.44. The van der Waals surface area contributed by atoms with Gasteiger partial charge in [0, 0.05) is 25.2 Å². The zero-order chi connectivity index (χ0) is 24.2. The fraction of sp³-hybridized carbons (Fsp3) is 0.375. The number of imidazole rings is 1. The number of aryl methyl sites for hydroxylation is 2. The SMILES string of the molecule is Cc1cc(OCc2c(F)cccc2F)c2nc(C)c(C(=O)NC34CCC3CN(C(=O)O)C4)n2c1. The first kappa shape index (κ1) is 22.1. The van der Waals surface area contributed by atoms with E-state index in [1.165, 1.54) is 11.0 Å². The number of nitrogens with zero attached hydrogens (tertiary/aromatic N) is 3. The van der Waals surface area contributed by atoms with Crippen LogP contribution >= 0.6 is 0 Å². The van der Waals surface area contributed by atoms with E-state index in [1.807, 2.05) is 6.92 Å². The summed E-state index contributed by atoms with van der Waals surface area (Å²) < 4.78 is 35.4. The number of carbonyl (C=O) groups is 2. The molecule has 2 fully saturated rings. The van der Waals surface area contributed by atoms with E-state index in [9.17, 15) is 23.5 Å². The van der Waals surface area contributed by atoms with Crippen molar-refractivity contribution in [3.05, 3.63) is 64.6 Å². The number of rotatable bonds is 5. The van der Waals surface area contributed by atoms with Gasteiger partial charge in [0.2, 0.25) is 0 Å². The molecule has 3 aromatic rings. The predicted octanol–water partition coefficient (Wildman–Crippen LogP) is 3.68. The fourth-order valence-electron chi connectivity index (χ4n) is 5.04. The number of amides is 2. The highest BCUT2D eigenvalue weighted by molar-refractivity contribution is 5.95. The molecule has 3 heterocycles. The molecule has 1 aromatic carbocycles. The Morgan fingerprint density at radius 1 is 1.29 bits per heavy atom. The molecule has 8 nitrogen and oxygen atoms in total. The van der Waals surface area contributed by atoms with E-state index in [-0.39, 0.29) is 30.5 Å². The lowest BCUT2D eigenvalue weighted by molar-refractivity contribution is 0.0752. The Morgan fingerprint density at radius 3 is 2.68 bits per heavy atom. The van der Waals surface area contributed by atoms with Crippen molar-refractivity contribution < 1.29 is 28.2 Å². The normalized spacial score (nSPS) is 21.3. The number of carboxylic acid groups (broad SMARTS) is 1. The highest BCUT2D eigenvalue weighted by Crippen LogP contribution is 2.44. The summed E-state index contributed by atoms with van der Waals surface area (Å²) >= 11 is 0. The van der Waals surface area contributed by atoms with Crippen LogP contribution in [0, 0.1) is 31.4 Å². The number of carbonyl (C=O) groups excluding carboxylic acids is 1. The molecule has 2 atom stereocenters. The van der Waals surface area contributed by atoms with E-state index in [2.05, 4.69) is 10.3 Å². The van der Waals surface area contributed by atoms with E-state index in [1.54, 1.807) is 23.6 Å². The lowest BCUT2D eigenvalue weighted by Crippen LogP contribution is -2.60. The van der Waals surface area contributed by atoms with Gasteiger partial charge in [-0.2, -0.15) is 0 Å². The van der Waals surface area contributed by atoms with Crippen LogP contribution in [0.2, 0.25) is 0 Å². The minimum Gasteiger partial charge on any atom is -0.485 e. The van der Waals surface area contributed by atoms with Crippen LogP contribution in [0.15, 0.2) is 30.5 Å². The van der Waals surface area contributed by atoms with Gasteiger partial charge >= 0.3 is 6.09 Å². The number of benzene rings is 1. The van der Waals surface area contributed by atoms with Crippen LogP contribution in [0.4, 0.5) is 13.6 Å². The summed E-state index contributed by atoms with van der Waals surface area (Å²) in [6.07, 6.45) is 2.33. The average molecular weight is 470 g/mol. The third kappa shape index (κ3) is 3.53. The van der Waals surface area contributed by atoms with Crippen LogP contribution in [-0.2, 0) is 6.61 Å². The maximum Gasteiger partial charge on any atom is 0.407 e.